The van der Waals surface area contributed by atoms with E-state index in [2.05, 4.69) is 19.8 Å². The summed E-state index contributed by atoms with van der Waals surface area (Å²) in [4.78, 5) is 0. The third kappa shape index (κ3) is 1.89. The smallest absolute Gasteiger partial charge is 0.0475 e. The van der Waals surface area contributed by atoms with Crippen molar-refractivity contribution < 1.29 is 5.11 Å². The Morgan fingerprint density at radius 2 is 2.20 bits per heavy atom. The molecule has 0 spiro atoms. The van der Waals surface area contributed by atoms with Crippen LogP contribution in [0, 0.1) is 11.8 Å². The minimum atomic E-state index is 0.310. The summed E-state index contributed by atoms with van der Waals surface area (Å²) in [5, 5.41) is 15.2. The average molecular weight is 162 g/mol. The maximum Gasteiger partial charge on any atom is 0.0475 e. The fourth-order valence-corrected chi connectivity index (χ4v) is 1.69. The van der Waals surface area contributed by atoms with E-state index in [1.165, 1.54) is 0 Å². The van der Waals surface area contributed by atoms with E-state index in [0.717, 1.165) is 19.6 Å². The van der Waals surface area contributed by atoms with Gasteiger partial charge in [-0.2, -0.15) is 0 Å². The Morgan fingerprint density at radius 1 is 1.50 bits per heavy atom. The highest BCUT2D eigenvalue weighted by Gasteiger charge is 2.24. The first-order valence-electron chi connectivity index (χ1n) is 3.63. The van der Waals surface area contributed by atoms with Crippen molar-refractivity contribution in [3.8, 4) is 0 Å². The molecule has 0 bridgehead atoms. The van der Waals surface area contributed by atoms with Gasteiger partial charge in [0.1, 0.15) is 0 Å². The van der Waals surface area contributed by atoms with Crippen LogP contribution in [0.15, 0.2) is 0 Å². The fourth-order valence-electron chi connectivity index (χ4n) is 1.39. The van der Waals surface area contributed by atoms with Crippen molar-refractivity contribution in [2.45, 2.75) is 0 Å². The van der Waals surface area contributed by atoms with Gasteiger partial charge in [0.25, 0.3) is 0 Å². The van der Waals surface area contributed by atoms with Gasteiger partial charge in [-0.1, -0.05) is 9.39 Å². The van der Waals surface area contributed by atoms with Gasteiger partial charge in [0.2, 0.25) is 0 Å². The first-order chi connectivity index (χ1) is 4.88. The molecule has 1 fully saturated rings. The molecule has 1 aliphatic rings. The summed E-state index contributed by atoms with van der Waals surface area (Å²) < 4.78 is 0. The van der Waals surface area contributed by atoms with Crippen LogP contribution in [0.4, 0.5) is 0 Å². The molecule has 2 unspecified atom stereocenters. The molecular formula is C6H15N2OP. The largest absolute Gasteiger partial charge is 0.396 e. The fraction of sp³-hybridized carbons (Fsp3) is 1.00. The third-order valence-electron chi connectivity index (χ3n) is 2.09. The van der Waals surface area contributed by atoms with Gasteiger partial charge in [-0.3, -0.25) is 0 Å². The van der Waals surface area contributed by atoms with Gasteiger partial charge in [0, 0.05) is 19.7 Å². The van der Waals surface area contributed by atoms with Crippen LogP contribution in [-0.2, 0) is 0 Å². The molecule has 0 amide bonds. The average Bonchev–Trinajstić information content (AvgIpc) is 2.36. The zero-order valence-electron chi connectivity index (χ0n) is 6.01. The van der Waals surface area contributed by atoms with Crippen LogP contribution in [0.1, 0.15) is 0 Å². The van der Waals surface area contributed by atoms with E-state index in [0.29, 0.717) is 18.4 Å². The van der Waals surface area contributed by atoms with Crippen LogP contribution < -0.4 is 10.4 Å². The van der Waals surface area contributed by atoms with Crippen molar-refractivity contribution in [3.05, 3.63) is 0 Å². The molecule has 0 saturated carbocycles. The van der Waals surface area contributed by atoms with Gasteiger partial charge in [-0.05, 0) is 18.4 Å². The first kappa shape index (κ1) is 8.41. The number of rotatable bonds is 3. The van der Waals surface area contributed by atoms with Gasteiger partial charge in [-0.15, -0.1) is 0 Å². The molecule has 0 radical (unpaired) electrons. The van der Waals surface area contributed by atoms with E-state index in [1.807, 2.05) is 0 Å². The Labute approximate surface area is 63.8 Å². The molecule has 3 N–H and O–H groups in total. The normalized spacial score (nSPS) is 33.0. The predicted octanol–water partition coefficient (Wildman–Crippen LogP) is -0.806. The second-order valence-corrected chi connectivity index (χ2v) is 3.18. The lowest BCUT2D eigenvalue weighted by Crippen LogP contribution is -2.24. The number of hydrogen-bond acceptors (Lipinski definition) is 3. The number of aliphatic hydroxyl groups is 1. The summed E-state index contributed by atoms with van der Waals surface area (Å²) in [6.45, 7) is 3.28. The second-order valence-electron chi connectivity index (χ2n) is 2.77. The van der Waals surface area contributed by atoms with Gasteiger partial charge >= 0.3 is 0 Å². The van der Waals surface area contributed by atoms with Crippen LogP contribution >= 0.6 is 9.39 Å². The molecule has 1 saturated heterocycles. The molecule has 10 heavy (non-hydrogen) atoms. The van der Waals surface area contributed by atoms with Gasteiger partial charge in [0.15, 0.2) is 0 Å². The predicted molar refractivity (Wildman–Crippen MR) is 44.6 cm³/mol. The highest BCUT2D eigenvalue weighted by molar-refractivity contribution is 7.13. The van der Waals surface area contributed by atoms with E-state index < -0.39 is 0 Å². The molecule has 4 heteroatoms. The highest BCUT2D eigenvalue weighted by Crippen LogP contribution is 2.14. The molecule has 0 aromatic rings. The van der Waals surface area contributed by atoms with Crippen molar-refractivity contribution in [3.63, 3.8) is 0 Å². The molecule has 1 heterocycles. The highest BCUT2D eigenvalue weighted by atomic mass is 31.0. The zero-order valence-corrected chi connectivity index (χ0v) is 7.16. The molecule has 1 aliphatic heterocycles. The molecule has 0 aromatic carbocycles. The van der Waals surface area contributed by atoms with Crippen LogP contribution in [0.5, 0.6) is 0 Å². The summed E-state index contributed by atoms with van der Waals surface area (Å²) in [5.41, 5.74) is 0. The summed E-state index contributed by atoms with van der Waals surface area (Å²) in [5.74, 6) is 1.05. The molecule has 0 aromatic heterocycles. The Balaban J connectivity index is 2.27. The monoisotopic (exact) mass is 162 g/mol. The summed E-state index contributed by atoms with van der Waals surface area (Å²) >= 11 is 0. The van der Waals surface area contributed by atoms with E-state index in [-0.39, 0.29) is 0 Å². The van der Waals surface area contributed by atoms with Crippen molar-refractivity contribution >= 4 is 9.39 Å². The summed E-state index contributed by atoms with van der Waals surface area (Å²) in [7, 11) is 2.49. The topological polar surface area (TPSA) is 44.3 Å². The van der Waals surface area contributed by atoms with Gasteiger partial charge < -0.3 is 15.5 Å². The molecular weight excluding hydrogens is 147 g/mol. The minimum absolute atomic E-state index is 0.310. The van der Waals surface area contributed by atoms with Crippen LogP contribution in [0.25, 0.3) is 0 Å². The summed E-state index contributed by atoms with van der Waals surface area (Å²) in [6, 6.07) is 0. The number of aliphatic hydroxyl groups excluding tert-OH is 1. The van der Waals surface area contributed by atoms with Crippen LogP contribution in [0.3, 0.4) is 0 Å². The lowest BCUT2D eigenvalue weighted by atomic mass is 9.97. The molecule has 60 valence electrons. The van der Waals surface area contributed by atoms with Crippen molar-refractivity contribution in [1.29, 1.82) is 0 Å². The van der Waals surface area contributed by atoms with E-state index >= 15 is 0 Å². The Morgan fingerprint density at radius 3 is 2.80 bits per heavy atom. The molecule has 3 nitrogen and oxygen atoms in total. The van der Waals surface area contributed by atoms with E-state index in [4.69, 9.17) is 5.11 Å². The van der Waals surface area contributed by atoms with Crippen LogP contribution in [-0.4, -0.2) is 31.3 Å². The third-order valence-corrected chi connectivity index (χ3v) is 2.33. The second kappa shape index (κ2) is 4.24. The standard InChI is InChI=1S/C6H15N2OP/c9-4-6-2-7-1-5(6)3-8-10/h5-9H,1-4,10H2/t5-,6?/m0/s1. The van der Waals surface area contributed by atoms with E-state index in [9.17, 15) is 0 Å². The lowest BCUT2D eigenvalue weighted by Gasteiger charge is -2.14. The SMILES string of the molecule is OCC1CNC[C@H]1CNP. The van der Waals surface area contributed by atoms with Crippen molar-refractivity contribution in [2.24, 2.45) is 11.8 Å². The van der Waals surface area contributed by atoms with Crippen molar-refractivity contribution in [2.75, 3.05) is 26.2 Å². The molecule has 3 atom stereocenters. The molecule has 0 aliphatic carbocycles. The number of hydrogen-bond donors (Lipinski definition) is 3. The van der Waals surface area contributed by atoms with Crippen molar-refractivity contribution in [1.82, 2.24) is 10.4 Å². The Kier molecular flexibility index (Phi) is 3.57. The lowest BCUT2D eigenvalue weighted by molar-refractivity contribution is 0.206. The maximum absolute atomic E-state index is 8.89. The van der Waals surface area contributed by atoms with Gasteiger partial charge in [-0.25, -0.2) is 0 Å². The number of nitrogens with one attached hydrogen (secondary N) is 2. The van der Waals surface area contributed by atoms with Crippen LogP contribution in [0.2, 0.25) is 0 Å². The zero-order chi connectivity index (χ0) is 7.40. The van der Waals surface area contributed by atoms with Gasteiger partial charge in [0.05, 0.1) is 0 Å². The minimum Gasteiger partial charge on any atom is -0.396 e. The summed E-state index contributed by atoms with van der Waals surface area (Å²) in [6.07, 6.45) is 0. The maximum atomic E-state index is 8.89. The first-order valence-corrected chi connectivity index (χ1v) is 4.21. The van der Waals surface area contributed by atoms with E-state index in [1.54, 1.807) is 0 Å². The Bertz CT molecular complexity index is 102. The molecule has 1 rings (SSSR count). The Hall–Kier alpha value is 0.310. The quantitative estimate of drug-likeness (QED) is 0.476.